The number of ether oxygens (including phenoxy) is 2. The fourth-order valence-corrected chi connectivity index (χ4v) is 2.80. The van der Waals surface area contributed by atoms with Gasteiger partial charge in [0.05, 0.1) is 12.7 Å². The van der Waals surface area contributed by atoms with Crippen molar-refractivity contribution in [3.05, 3.63) is 95.6 Å². The van der Waals surface area contributed by atoms with Gasteiger partial charge in [0, 0.05) is 11.8 Å². The molecule has 0 fully saturated rings. The summed E-state index contributed by atoms with van der Waals surface area (Å²) in [5.74, 6) is -0.306. The number of carbonyl (C=O) groups is 2. The maximum atomic E-state index is 12.5. The molecular weight excluding hydrogens is 354 g/mol. The van der Waals surface area contributed by atoms with Crippen molar-refractivity contribution in [2.75, 3.05) is 19.0 Å². The van der Waals surface area contributed by atoms with Crippen LogP contribution in [0.2, 0.25) is 0 Å². The lowest BCUT2D eigenvalue weighted by Gasteiger charge is -2.10. The third kappa shape index (κ3) is 5.20. The molecule has 0 saturated carbocycles. The fourth-order valence-electron chi connectivity index (χ4n) is 2.80. The number of esters is 1. The van der Waals surface area contributed by atoms with Crippen LogP contribution < -0.4 is 10.1 Å². The van der Waals surface area contributed by atoms with E-state index in [0.29, 0.717) is 23.4 Å². The highest BCUT2D eigenvalue weighted by molar-refractivity contribution is 5.96. The molecule has 0 bridgehead atoms. The van der Waals surface area contributed by atoms with E-state index in [-0.39, 0.29) is 6.61 Å². The minimum Gasteiger partial charge on any atom is -0.497 e. The molecule has 0 spiro atoms. The van der Waals surface area contributed by atoms with Gasteiger partial charge < -0.3 is 14.8 Å². The van der Waals surface area contributed by atoms with Crippen LogP contribution in [0.3, 0.4) is 0 Å². The van der Waals surface area contributed by atoms with Gasteiger partial charge in [-0.3, -0.25) is 4.79 Å². The van der Waals surface area contributed by atoms with E-state index in [1.54, 1.807) is 43.5 Å². The number of hydrogen-bond acceptors (Lipinski definition) is 4. The first-order chi connectivity index (χ1) is 13.7. The highest BCUT2D eigenvalue weighted by Crippen LogP contribution is 2.17. The predicted octanol–water partition coefficient (Wildman–Crippen LogP) is 4.08. The number of methoxy groups -OCH3 is 1. The van der Waals surface area contributed by atoms with Gasteiger partial charge in [-0.2, -0.15) is 0 Å². The Bertz CT molecular complexity index is 954. The van der Waals surface area contributed by atoms with Crippen molar-refractivity contribution >= 4 is 17.6 Å². The average molecular weight is 375 g/mol. The van der Waals surface area contributed by atoms with Crippen LogP contribution in [0.1, 0.15) is 21.5 Å². The Balaban J connectivity index is 1.61. The van der Waals surface area contributed by atoms with Crippen molar-refractivity contribution in [1.29, 1.82) is 0 Å². The maximum absolute atomic E-state index is 12.5. The van der Waals surface area contributed by atoms with Crippen LogP contribution in [0.4, 0.5) is 5.69 Å². The molecule has 3 aromatic rings. The van der Waals surface area contributed by atoms with Crippen molar-refractivity contribution in [3.8, 4) is 5.75 Å². The minimum absolute atomic E-state index is 0.365. The summed E-state index contributed by atoms with van der Waals surface area (Å²) in [6.45, 7) is -0.365. The van der Waals surface area contributed by atoms with Crippen molar-refractivity contribution in [3.63, 3.8) is 0 Å². The molecular formula is C23H21NO4. The van der Waals surface area contributed by atoms with Crippen LogP contribution >= 0.6 is 0 Å². The standard InChI is InChI=1S/C23H21NO4/c1-27-20-12-7-11-19(15-20)24-22(25)16-28-23(26)21-13-6-5-10-18(21)14-17-8-3-2-4-9-17/h2-13,15H,14,16H2,1H3,(H,24,25). The number of carbonyl (C=O) groups excluding carboxylic acids is 2. The largest absolute Gasteiger partial charge is 0.497 e. The van der Waals surface area contributed by atoms with E-state index in [9.17, 15) is 9.59 Å². The highest BCUT2D eigenvalue weighted by Gasteiger charge is 2.14. The van der Waals surface area contributed by atoms with Crippen LogP contribution in [0.25, 0.3) is 0 Å². The summed E-state index contributed by atoms with van der Waals surface area (Å²) < 4.78 is 10.3. The molecule has 0 saturated heterocycles. The zero-order valence-electron chi connectivity index (χ0n) is 15.6. The Morgan fingerprint density at radius 2 is 1.64 bits per heavy atom. The fraction of sp³-hybridized carbons (Fsp3) is 0.130. The van der Waals surface area contributed by atoms with E-state index >= 15 is 0 Å². The number of hydrogen-bond donors (Lipinski definition) is 1. The lowest BCUT2D eigenvalue weighted by molar-refractivity contribution is -0.119. The summed E-state index contributed by atoms with van der Waals surface area (Å²) in [6.07, 6.45) is 0.613. The first-order valence-corrected chi connectivity index (χ1v) is 8.88. The smallest absolute Gasteiger partial charge is 0.338 e. The Morgan fingerprint density at radius 1 is 0.893 bits per heavy atom. The molecule has 5 heteroatoms. The first kappa shape index (κ1) is 19.2. The summed E-state index contributed by atoms with van der Waals surface area (Å²) in [5, 5.41) is 2.68. The van der Waals surface area contributed by atoms with Gasteiger partial charge in [0.1, 0.15) is 5.75 Å². The third-order valence-corrected chi connectivity index (χ3v) is 4.16. The average Bonchev–Trinajstić information content (AvgIpc) is 2.73. The molecule has 0 aliphatic heterocycles. The second-order valence-corrected chi connectivity index (χ2v) is 6.18. The number of nitrogens with one attached hydrogen (secondary N) is 1. The van der Waals surface area contributed by atoms with Crippen LogP contribution in [0, 0.1) is 0 Å². The normalized spacial score (nSPS) is 10.2. The van der Waals surface area contributed by atoms with Crippen LogP contribution in [0.15, 0.2) is 78.9 Å². The summed E-state index contributed by atoms with van der Waals surface area (Å²) in [4.78, 5) is 24.6. The van der Waals surface area contributed by atoms with Gasteiger partial charge in [-0.25, -0.2) is 4.79 Å². The monoisotopic (exact) mass is 375 g/mol. The van der Waals surface area contributed by atoms with Gasteiger partial charge in [0.15, 0.2) is 6.61 Å². The van der Waals surface area contributed by atoms with Gasteiger partial charge in [0.2, 0.25) is 0 Å². The molecule has 0 aliphatic rings. The van der Waals surface area contributed by atoms with Crippen molar-refractivity contribution in [1.82, 2.24) is 0 Å². The molecule has 0 atom stereocenters. The molecule has 1 amide bonds. The molecule has 0 radical (unpaired) electrons. The molecule has 0 unspecified atom stereocenters. The van der Waals surface area contributed by atoms with Gasteiger partial charge in [-0.1, -0.05) is 54.6 Å². The quantitative estimate of drug-likeness (QED) is 0.632. The maximum Gasteiger partial charge on any atom is 0.338 e. The van der Waals surface area contributed by atoms with E-state index in [4.69, 9.17) is 9.47 Å². The Morgan fingerprint density at radius 3 is 2.43 bits per heavy atom. The van der Waals surface area contributed by atoms with Crippen LogP contribution in [0.5, 0.6) is 5.75 Å². The molecule has 1 N–H and O–H groups in total. The van der Waals surface area contributed by atoms with Gasteiger partial charge in [-0.15, -0.1) is 0 Å². The van der Waals surface area contributed by atoms with Crippen LogP contribution in [-0.2, 0) is 16.0 Å². The molecule has 0 heterocycles. The highest BCUT2D eigenvalue weighted by atomic mass is 16.5. The van der Waals surface area contributed by atoms with E-state index in [1.807, 2.05) is 42.5 Å². The molecule has 5 nitrogen and oxygen atoms in total. The van der Waals surface area contributed by atoms with E-state index < -0.39 is 11.9 Å². The third-order valence-electron chi connectivity index (χ3n) is 4.16. The summed E-state index contributed by atoms with van der Waals surface area (Å²) >= 11 is 0. The number of amides is 1. The van der Waals surface area contributed by atoms with E-state index in [0.717, 1.165) is 11.1 Å². The van der Waals surface area contributed by atoms with Gasteiger partial charge in [-0.05, 0) is 35.7 Å². The van der Waals surface area contributed by atoms with E-state index in [1.165, 1.54) is 0 Å². The second kappa shape index (κ2) is 9.37. The molecule has 0 aromatic heterocycles. The molecule has 3 rings (SSSR count). The number of rotatable bonds is 7. The topological polar surface area (TPSA) is 64.6 Å². The van der Waals surface area contributed by atoms with Crippen LogP contribution in [-0.4, -0.2) is 25.6 Å². The molecule has 0 aliphatic carbocycles. The first-order valence-electron chi connectivity index (χ1n) is 8.88. The van der Waals surface area contributed by atoms with Crippen molar-refractivity contribution in [2.24, 2.45) is 0 Å². The van der Waals surface area contributed by atoms with Gasteiger partial charge >= 0.3 is 5.97 Å². The zero-order valence-corrected chi connectivity index (χ0v) is 15.6. The number of anilines is 1. The van der Waals surface area contributed by atoms with Crippen molar-refractivity contribution in [2.45, 2.75) is 6.42 Å². The van der Waals surface area contributed by atoms with Crippen molar-refractivity contribution < 1.29 is 19.1 Å². The summed E-state index contributed by atoms with van der Waals surface area (Å²) in [7, 11) is 1.55. The lowest BCUT2D eigenvalue weighted by atomic mass is 10.00. The molecule has 28 heavy (non-hydrogen) atoms. The zero-order chi connectivity index (χ0) is 19.8. The molecule has 3 aromatic carbocycles. The summed E-state index contributed by atoms with van der Waals surface area (Å²) in [5.41, 5.74) is 2.98. The number of benzene rings is 3. The lowest BCUT2D eigenvalue weighted by Crippen LogP contribution is -2.21. The minimum atomic E-state index is -0.521. The Kier molecular flexibility index (Phi) is 6.41. The second-order valence-electron chi connectivity index (χ2n) is 6.18. The predicted molar refractivity (Wildman–Crippen MR) is 108 cm³/mol. The van der Waals surface area contributed by atoms with Gasteiger partial charge in [0.25, 0.3) is 5.91 Å². The molecule has 142 valence electrons. The van der Waals surface area contributed by atoms with E-state index in [2.05, 4.69) is 5.32 Å². The Labute approximate surface area is 163 Å². The summed E-state index contributed by atoms with van der Waals surface area (Å²) in [6, 6.07) is 24.1. The SMILES string of the molecule is COc1cccc(NC(=O)COC(=O)c2ccccc2Cc2ccccc2)c1. The Hall–Kier alpha value is -3.60.